The van der Waals surface area contributed by atoms with Crippen LogP contribution in [0.2, 0.25) is 0 Å². The Bertz CT molecular complexity index is 624. The number of nitrogens with zero attached hydrogens (tertiary/aromatic N) is 1. The Morgan fingerprint density at radius 1 is 1.26 bits per heavy atom. The number of hydrogen-bond donors (Lipinski definition) is 0. The zero-order valence-electron chi connectivity index (χ0n) is 10.7. The Hall–Kier alpha value is -2.49. The summed E-state index contributed by atoms with van der Waals surface area (Å²) in [6.07, 6.45) is 4.54. The largest absolute Gasteiger partial charge is 0.497 e. The molecule has 96 valence electrons. The summed E-state index contributed by atoms with van der Waals surface area (Å²) in [5, 5.41) is 0. The predicted molar refractivity (Wildman–Crippen MR) is 72.7 cm³/mol. The summed E-state index contributed by atoms with van der Waals surface area (Å²) >= 11 is 0. The second-order valence-electron chi connectivity index (χ2n) is 4.10. The van der Waals surface area contributed by atoms with Gasteiger partial charge in [-0.15, -0.1) is 0 Å². The first-order valence-electron chi connectivity index (χ1n) is 5.78. The average molecular weight is 255 g/mol. The van der Waals surface area contributed by atoms with E-state index in [1.807, 2.05) is 0 Å². The van der Waals surface area contributed by atoms with Crippen LogP contribution in [-0.4, -0.2) is 24.5 Å². The Balaban J connectivity index is 2.26. The molecular weight excluding hydrogens is 242 g/mol. The lowest BCUT2D eigenvalue weighted by Crippen LogP contribution is -2.07. The summed E-state index contributed by atoms with van der Waals surface area (Å²) in [6.45, 7) is 1.69. The van der Waals surface area contributed by atoms with Crippen molar-refractivity contribution in [1.82, 2.24) is 0 Å². The quantitative estimate of drug-likeness (QED) is 0.762. The highest BCUT2D eigenvalue weighted by Gasteiger charge is 2.10. The van der Waals surface area contributed by atoms with Crippen molar-refractivity contribution in [2.45, 2.75) is 6.92 Å². The van der Waals surface area contributed by atoms with Crippen LogP contribution >= 0.6 is 0 Å². The number of ether oxygens (including phenoxy) is 1. The number of benzene rings is 1. The standard InChI is InChI=1S/C15H13NO3/c1-10-8-12(6-7-14(10)17)16-15(18)11-4-3-5-13(9-11)19-2/h3-9H,1-2H3. The lowest BCUT2D eigenvalue weighted by molar-refractivity contribution is -0.111. The maximum absolute atomic E-state index is 12.0. The topological polar surface area (TPSA) is 55.7 Å². The molecular formula is C15H13NO3. The highest BCUT2D eigenvalue weighted by Crippen LogP contribution is 2.14. The normalized spacial score (nSPS) is 16.4. The maximum Gasteiger partial charge on any atom is 0.277 e. The number of ketones is 1. The van der Waals surface area contributed by atoms with E-state index in [4.69, 9.17) is 4.74 Å². The first-order chi connectivity index (χ1) is 9.10. The number of carbonyl (C=O) groups is 2. The van der Waals surface area contributed by atoms with Crippen LogP contribution in [0.5, 0.6) is 5.75 Å². The second kappa shape index (κ2) is 5.44. The highest BCUT2D eigenvalue weighted by molar-refractivity contribution is 6.21. The van der Waals surface area contributed by atoms with Crippen LogP contribution in [0.1, 0.15) is 17.3 Å². The van der Waals surface area contributed by atoms with E-state index in [1.54, 1.807) is 37.3 Å². The van der Waals surface area contributed by atoms with Gasteiger partial charge in [-0.25, -0.2) is 4.99 Å². The monoisotopic (exact) mass is 255 g/mol. The summed E-state index contributed by atoms with van der Waals surface area (Å²) in [5.74, 6) is 0.178. The van der Waals surface area contributed by atoms with Crippen LogP contribution < -0.4 is 4.74 Å². The molecule has 0 atom stereocenters. The van der Waals surface area contributed by atoms with Gasteiger partial charge in [-0.2, -0.15) is 0 Å². The number of carbonyl (C=O) groups excluding carboxylic acids is 2. The SMILES string of the molecule is COc1cccc(C(=O)N=C2C=CC(=O)C(C)=C2)c1. The molecule has 0 aliphatic heterocycles. The van der Waals surface area contributed by atoms with Crippen LogP contribution in [0.3, 0.4) is 0 Å². The van der Waals surface area contributed by atoms with E-state index in [1.165, 1.54) is 19.3 Å². The summed E-state index contributed by atoms with van der Waals surface area (Å²) in [7, 11) is 1.54. The molecule has 4 nitrogen and oxygen atoms in total. The van der Waals surface area contributed by atoms with Gasteiger partial charge in [0.25, 0.3) is 5.91 Å². The molecule has 1 aromatic carbocycles. The number of amides is 1. The van der Waals surface area contributed by atoms with Gasteiger partial charge in [0.2, 0.25) is 0 Å². The Labute approximate surface area is 111 Å². The van der Waals surface area contributed by atoms with Crippen LogP contribution in [-0.2, 0) is 4.79 Å². The van der Waals surface area contributed by atoms with Gasteiger partial charge < -0.3 is 4.74 Å². The van der Waals surface area contributed by atoms with Gasteiger partial charge in [0, 0.05) is 5.56 Å². The minimum absolute atomic E-state index is 0.0622. The number of hydrogen-bond acceptors (Lipinski definition) is 3. The van der Waals surface area contributed by atoms with Crippen molar-refractivity contribution in [3.8, 4) is 5.75 Å². The van der Waals surface area contributed by atoms with Gasteiger partial charge in [0.15, 0.2) is 5.78 Å². The van der Waals surface area contributed by atoms with Gasteiger partial charge in [0.05, 0.1) is 12.8 Å². The van der Waals surface area contributed by atoms with Crippen molar-refractivity contribution in [2.75, 3.05) is 7.11 Å². The van der Waals surface area contributed by atoms with Crippen LogP contribution in [0.15, 0.2) is 53.1 Å². The van der Waals surface area contributed by atoms with Crippen LogP contribution in [0.4, 0.5) is 0 Å². The van der Waals surface area contributed by atoms with Gasteiger partial charge in [-0.3, -0.25) is 9.59 Å². The molecule has 0 aromatic heterocycles. The molecule has 1 aromatic rings. The van der Waals surface area contributed by atoms with E-state index in [-0.39, 0.29) is 11.7 Å². The molecule has 0 saturated heterocycles. The number of rotatable bonds is 2. The zero-order chi connectivity index (χ0) is 13.8. The van der Waals surface area contributed by atoms with Crippen LogP contribution in [0.25, 0.3) is 0 Å². The first kappa shape index (κ1) is 13.0. The molecule has 1 aliphatic rings. The van der Waals surface area contributed by atoms with Gasteiger partial charge in [-0.1, -0.05) is 6.07 Å². The van der Waals surface area contributed by atoms with Gasteiger partial charge >= 0.3 is 0 Å². The molecule has 0 radical (unpaired) electrons. The van der Waals surface area contributed by atoms with Crippen molar-refractivity contribution in [3.63, 3.8) is 0 Å². The Kier molecular flexibility index (Phi) is 3.71. The smallest absolute Gasteiger partial charge is 0.277 e. The zero-order valence-corrected chi connectivity index (χ0v) is 10.7. The maximum atomic E-state index is 12.0. The van der Waals surface area contributed by atoms with E-state index in [9.17, 15) is 9.59 Å². The summed E-state index contributed by atoms with van der Waals surface area (Å²) in [5.41, 5.74) is 1.49. The lowest BCUT2D eigenvalue weighted by Gasteiger charge is -2.04. The Morgan fingerprint density at radius 3 is 2.74 bits per heavy atom. The number of allylic oxidation sites excluding steroid dienone is 4. The second-order valence-corrected chi connectivity index (χ2v) is 4.10. The van der Waals surface area contributed by atoms with E-state index in [0.717, 1.165) is 0 Å². The molecule has 0 unspecified atom stereocenters. The summed E-state index contributed by atoms with van der Waals surface area (Å²) in [4.78, 5) is 27.2. The summed E-state index contributed by atoms with van der Waals surface area (Å²) in [6, 6.07) is 6.78. The number of aliphatic imine (C=N–C) groups is 1. The summed E-state index contributed by atoms with van der Waals surface area (Å²) < 4.78 is 5.05. The third kappa shape index (κ3) is 3.04. The molecule has 1 aliphatic carbocycles. The van der Waals surface area contributed by atoms with Crippen molar-refractivity contribution in [2.24, 2.45) is 4.99 Å². The lowest BCUT2D eigenvalue weighted by atomic mass is 10.1. The fourth-order valence-corrected chi connectivity index (χ4v) is 1.64. The molecule has 2 rings (SSSR count). The van der Waals surface area contributed by atoms with Crippen molar-refractivity contribution >= 4 is 17.4 Å². The average Bonchev–Trinajstić information content (AvgIpc) is 2.43. The molecule has 0 bridgehead atoms. The number of methoxy groups -OCH3 is 1. The van der Waals surface area contributed by atoms with E-state index < -0.39 is 0 Å². The van der Waals surface area contributed by atoms with Crippen molar-refractivity contribution < 1.29 is 14.3 Å². The predicted octanol–water partition coefficient (Wildman–Crippen LogP) is 2.36. The van der Waals surface area contributed by atoms with Crippen LogP contribution in [0, 0.1) is 0 Å². The van der Waals surface area contributed by atoms with Crippen molar-refractivity contribution in [3.05, 3.63) is 53.6 Å². The molecule has 0 fully saturated rings. The van der Waals surface area contributed by atoms with E-state index >= 15 is 0 Å². The minimum Gasteiger partial charge on any atom is -0.497 e. The van der Waals surface area contributed by atoms with E-state index in [0.29, 0.717) is 22.6 Å². The minimum atomic E-state index is -0.364. The van der Waals surface area contributed by atoms with E-state index in [2.05, 4.69) is 4.99 Å². The Morgan fingerprint density at radius 2 is 2.05 bits per heavy atom. The molecule has 0 N–H and O–H groups in total. The van der Waals surface area contributed by atoms with Gasteiger partial charge in [-0.05, 0) is 48.9 Å². The third-order valence-corrected chi connectivity index (χ3v) is 2.71. The highest BCUT2D eigenvalue weighted by atomic mass is 16.5. The molecule has 0 spiro atoms. The molecule has 19 heavy (non-hydrogen) atoms. The van der Waals surface area contributed by atoms with Crippen molar-refractivity contribution in [1.29, 1.82) is 0 Å². The molecule has 0 saturated carbocycles. The molecule has 0 heterocycles. The third-order valence-electron chi connectivity index (χ3n) is 2.71. The fourth-order valence-electron chi connectivity index (χ4n) is 1.64. The first-order valence-corrected chi connectivity index (χ1v) is 5.78. The molecule has 4 heteroatoms. The fraction of sp³-hybridized carbons (Fsp3) is 0.133. The molecule has 1 amide bonds. The van der Waals surface area contributed by atoms with Gasteiger partial charge in [0.1, 0.15) is 5.75 Å².